The van der Waals surface area contributed by atoms with Gasteiger partial charge in [0.25, 0.3) is 0 Å². The van der Waals surface area contributed by atoms with Crippen LogP contribution in [0.1, 0.15) is 43.4 Å². The van der Waals surface area contributed by atoms with E-state index in [0.29, 0.717) is 11.8 Å². The molecule has 1 radical (unpaired) electrons. The van der Waals surface area contributed by atoms with Gasteiger partial charge in [-0.05, 0) is 47.4 Å². The maximum Gasteiger partial charge on any atom is 0.0163 e. The molecule has 0 fully saturated rings. The number of aromatic nitrogens is 2. The van der Waals surface area contributed by atoms with Crippen molar-refractivity contribution in [3.8, 4) is 22.5 Å². The summed E-state index contributed by atoms with van der Waals surface area (Å²) in [5, 5.41) is 0. The first kappa shape index (κ1) is 27.6. The van der Waals surface area contributed by atoms with Gasteiger partial charge in [-0.3, -0.25) is 0 Å². The fourth-order valence-electron chi connectivity index (χ4n) is 4.76. The molecule has 0 saturated carbocycles. The summed E-state index contributed by atoms with van der Waals surface area (Å²) in [5.74, 6) is 0.844. The monoisotopic (exact) mass is 673 g/mol. The third kappa shape index (κ3) is 6.35. The normalized spacial score (nSPS) is 17.2. The van der Waals surface area contributed by atoms with E-state index in [1.54, 1.807) is 6.20 Å². The molecular weight excluding hydrogens is 641 g/mol. The number of benzene rings is 2. The Morgan fingerprint density at radius 1 is 0.789 bits per heavy atom. The molecule has 2 aromatic heterocycles. The number of hydrogen-bond acceptors (Lipinski definition) is 2. The first-order valence-electron chi connectivity index (χ1n) is 12.8. The van der Waals surface area contributed by atoms with Gasteiger partial charge in [0.1, 0.15) is 0 Å². The average molecular weight is 673 g/mol. The molecule has 0 saturated heterocycles. The molecule has 38 heavy (non-hydrogen) atoms. The number of hydrogen-bond donors (Lipinski definition) is 0. The van der Waals surface area contributed by atoms with Gasteiger partial charge in [-0.15, -0.1) is 76.9 Å². The zero-order valence-electron chi connectivity index (χ0n) is 22.3. The van der Waals surface area contributed by atoms with Crippen LogP contribution >= 0.6 is 0 Å². The van der Waals surface area contributed by atoms with Crippen molar-refractivity contribution >= 4 is 6.08 Å². The van der Waals surface area contributed by atoms with Crippen molar-refractivity contribution in [2.75, 3.05) is 0 Å². The molecule has 4 aromatic rings. The summed E-state index contributed by atoms with van der Waals surface area (Å²) < 4.78 is 0. The van der Waals surface area contributed by atoms with Gasteiger partial charge in [0.05, 0.1) is 0 Å². The standard InChI is InChI=1S/C24H24N.C11H8N.Ir/c1-16-11-12-25-23(13-16)19-8-6-17-5-7-18-14-20(24(2,3)4)9-10-21(18)22(17)15-19;1-2-6-10(7-3-1)11-8-4-5-9-12-11;/h5-7,9-15,18,21H,1-4H3;1-6,8-9H;/q2*-1;. The number of nitrogens with zero attached hydrogens (tertiary/aromatic N) is 2. The molecule has 6 rings (SSSR count). The molecule has 2 unspecified atom stereocenters. The van der Waals surface area contributed by atoms with E-state index >= 15 is 0 Å². The van der Waals surface area contributed by atoms with E-state index in [1.807, 2.05) is 54.7 Å². The SMILES string of the molecule is Cc1ccnc(-c2[c-]cc3c(c2)C2C=CC(C(C)(C)C)=CC2C=C3)c1.[Ir].[c-]1ccccc1-c1ccccn1. The minimum absolute atomic E-state index is 0. The molecular formula is C35H32IrN2-2. The van der Waals surface area contributed by atoms with E-state index in [0.717, 1.165) is 22.5 Å². The molecule has 2 aliphatic rings. The van der Waals surface area contributed by atoms with Crippen LogP contribution in [0.5, 0.6) is 0 Å². The number of allylic oxidation sites excluding steroid dienone is 5. The molecule has 2 heterocycles. The average Bonchev–Trinajstić information content (AvgIpc) is 2.93. The summed E-state index contributed by atoms with van der Waals surface area (Å²) >= 11 is 0. The van der Waals surface area contributed by atoms with E-state index in [9.17, 15) is 0 Å². The molecule has 2 aromatic carbocycles. The van der Waals surface area contributed by atoms with Crippen molar-refractivity contribution in [2.45, 2.75) is 33.6 Å². The number of rotatable bonds is 2. The molecule has 0 bridgehead atoms. The Bertz CT molecular complexity index is 1420. The second kappa shape index (κ2) is 12.0. The van der Waals surface area contributed by atoms with Gasteiger partial charge in [-0.25, -0.2) is 0 Å². The van der Waals surface area contributed by atoms with Crippen molar-refractivity contribution in [3.63, 3.8) is 0 Å². The van der Waals surface area contributed by atoms with E-state index in [1.165, 1.54) is 22.3 Å². The Kier molecular flexibility index (Phi) is 8.72. The van der Waals surface area contributed by atoms with Crippen LogP contribution in [-0.2, 0) is 20.1 Å². The Morgan fingerprint density at radius 3 is 2.32 bits per heavy atom. The van der Waals surface area contributed by atoms with Crippen LogP contribution < -0.4 is 0 Å². The van der Waals surface area contributed by atoms with Crippen LogP contribution in [0.3, 0.4) is 0 Å². The van der Waals surface area contributed by atoms with Crippen molar-refractivity contribution in [1.82, 2.24) is 9.97 Å². The summed E-state index contributed by atoms with van der Waals surface area (Å²) in [6.07, 6.45) is 15.4. The van der Waals surface area contributed by atoms with E-state index in [4.69, 9.17) is 0 Å². The van der Waals surface area contributed by atoms with E-state index < -0.39 is 0 Å². The number of aryl methyl sites for hydroxylation is 1. The largest absolute Gasteiger partial charge is 0.305 e. The van der Waals surface area contributed by atoms with Crippen molar-refractivity contribution < 1.29 is 20.1 Å². The third-order valence-corrected chi connectivity index (χ3v) is 6.85. The fraction of sp³-hybridized carbons (Fsp3) is 0.200. The van der Waals surface area contributed by atoms with Crippen molar-refractivity contribution in [2.24, 2.45) is 11.3 Å². The maximum atomic E-state index is 4.53. The van der Waals surface area contributed by atoms with E-state index in [2.05, 4.69) is 98.4 Å². The van der Waals surface area contributed by atoms with Crippen LogP contribution in [0, 0.1) is 30.4 Å². The molecule has 0 spiro atoms. The number of pyridine rings is 2. The molecule has 2 nitrogen and oxygen atoms in total. The summed E-state index contributed by atoms with van der Waals surface area (Å²) in [7, 11) is 0. The van der Waals surface area contributed by atoms with Gasteiger partial charge >= 0.3 is 0 Å². The predicted octanol–water partition coefficient (Wildman–Crippen LogP) is 8.67. The van der Waals surface area contributed by atoms with Crippen LogP contribution in [0.15, 0.2) is 109 Å². The zero-order valence-corrected chi connectivity index (χ0v) is 24.7. The third-order valence-electron chi connectivity index (χ3n) is 6.85. The Morgan fingerprint density at radius 2 is 1.61 bits per heavy atom. The zero-order chi connectivity index (χ0) is 25.8. The molecule has 0 N–H and O–H groups in total. The van der Waals surface area contributed by atoms with Crippen LogP contribution in [0.4, 0.5) is 0 Å². The quantitative estimate of drug-likeness (QED) is 0.199. The van der Waals surface area contributed by atoms with Crippen LogP contribution in [-0.4, -0.2) is 9.97 Å². The van der Waals surface area contributed by atoms with Gasteiger partial charge in [0.2, 0.25) is 0 Å². The van der Waals surface area contributed by atoms with Crippen molar-refractivity contribution in [3.05, 3.63) is 138 Å². The number of fused-ring (bicyclic) bond motifs is 3. The smallest absolute Gasteiger partial charge is 0.0163 e. The molecule has 193 valence electrons. The molecule has 2 atom stereocenters. The Hall–Kier alpha value is -3.39. The van der Waals surface area contributed by atoms with Gasteiger partial charge in [0.15, 0.2) is 0 Å². The summed E-state index contributed by atoms with van der Waals surface area (Å²) in [4.78, 5) is 8.75. The summed E-state index contributed by atoms with van der Waals surface area (Å²) in [6, 6.07) is 28.8. The van der Waals surface area contributed by atoms with Gasteiger partial charge < -0.3 is 9.97 Å². The summed E-state index contributed by atoms with van der Waals surface area (Å²) in [5.41, 5.74) is 9.58. The van der Waals surface area contributed by atoms with E-state index in [-0.39, 0.29) is 25.5 Å². The molecule has 0 aliphatic heterocycles. The van der Waals surface area contributed by atoms with Gasteiger partial charge in [-0.1, -0.05) is 68.8 Å². The minimum Gasteiger partial charge on any atom is -0.305 e. The first-order chi connectivity index (χ1) is 17.9. The topological polar surface area (TPSA) is 25.8 Å². The predicted molar refractivity (Wildman–Crippen MR) is 154 cm³/mol. The van der Waals surface area contributed by atoms with Gasteiger partial charge in [-0.2, -0.15) is 0 Å². The van der Waals surface area contributed by atoms with Gasteiger partial charge in [0, 0.05) is 38.4 Å². The minimum atomic E-state index is 0. The summed E-state index contributed by atoms with van der Waals surface area (Å²) in [6.45, 7) is 8.94. The fourth-order valence-corrected chi connectivity index (χ4v) is 4.76. The molecule has 2 aliphatic carbocycles. The second-order valence-corrected chi connectivity index (χ2v) is 10.7. The maximum absolute atomic E-state index is 4.53. The van der Waals surface area contributed by atoms with Crippen molar-refractivity contribution in [1.29, 1.82) is 0 Å². The molecule has 3 heteroatoms. The second-order valence-electron chi connectivity index (χ2n) is 10.7. The van der Waals surface area contributed by atoms with Crippen LogP contribution in [0.25, 0.3) is 28.6 Å². The Balaban J connectivity index is 0.000000218. The first-order valence-corrected chi connectivity index (χ1v) is 12.8. The Labute approximate surface area is 240 Å². The molecule has 0 amide bonds. The van der Waals surface area contributed by atoms with Crippen LogP contribution in [0.2, 0.25) is 0 Å².